The zero-order valence-corrected chi connectivity index (χ0v) is 8.64. The number of hydrogen-bond donors (Lipinski definition) is 3. The summed E-state index contributed by atoms with van der Waals surface area (Å²) in [4.78, 5) is 22.1. The molecular formula is C11H9NO5. The number of aromatic hydroxyl groups is 1. The summed E-state index contributed by atoms with van der Waals surface area (Å²) in [5, 5.41) is 18.7. The second-order valence-corrected chi connectivity index (χ2v) is 3.44. The summed E-state index contributed by atoms with van der Waals surface area (Å²) in [6, 6.07) is 4.03. The third-order valence-electron chi connectivity index (χ3n) is 2.42. The van der Waals surface area contributed by atoms with Crippen LogP contribution in [-0.2, 0) is 6.54 Å². The molecule has 1 aromatic carbocycles. The molecule has 4 N–H and O–H groups in total. The Morgan fingerprint density at radius 1 is 1.41 bits per heavy atom. The zero-order valence-electron chi connectivity index (χ0n) is 8.64. The predicted octanol–water partition coefficient (Wildman–Crippen LogP) is 0.655. The normalized spacial score (nSPS) is 10.6. The van der Waals surface area contributed by atoms with Gasteiger partial charge in [0, 0.05) is 11.9 Å². The Hall–Kier alpha value is -2.34. The van der Waals surface area contributed by atoms with Crippen LogP contribution in [0.1, 0.15) is 15.9 Å². The average Bonchev–Trinajstić information content (AvgIpc) is 2.28. The highest BCUT2D eigenvalue weighted by atomic mass is 16.4. The maximum absolute atomic E-state index is 11.4. The van der Waals surface area contributed by atoms with Crippen molar-refractivity contribution in [2.75, 3.05) is 0 Å². The van der Waals surface area contributed by atoms with Gasteiger partial charge in [-0.25, -0.2) is 9.59 Å². The first-order valence-electron chi connectivity index (χ1n) is 4.76. The van der Waals surface area contributed by atoms with Crippen molar-refractivity contribution in [3.8, 4) is 5.75 Å². The molecule has 0 bridgehead atoms. The molecule has 17 heavy (non-hydrogen) atoms. The molecule has 0 saturated heterocycles. The number of carboxylic acid groups (broad SMARTS) is 1. The van der Waals surface area contributed by atoms with Crippen LogP contribution in [0, 0.1) is 0 Å². The summed E-state index contributed by atoms with van der Waals surface area (Å²) in [6.07, 6.45) is 0. The number of benzene rings is 1. The molecule has 2 aromatic rings. The van der Waals surface area contributed by atoms with Gasteiger partial charge in [-0.05, 0) is 18.2 Å². The summed E-state index contributed by atoms with van der Waals surface area (Å²) in [7, 11) is 0. The highest BCUT2D eigenvalue weighted by Crippen LogP contribution is 2.26. The van der Waals surface area contributed by atoms with E-state index >= 15 is 0 Å². The quantitative estimate of drug-likeness (QED) is 0.658. The smallest absolute Gasteiger partial charge is 0.351 e. The molecule has 6 nitrogen and oxygen atoms in total. The van der Waals surface area contributed by atoms with E-state index in [0.717, 1.165) is 0 Å². The van der Waals surface area contributed by atoms with E-state index < -0.39 is 17.2 Å². The first-order valence-corrected chi connectivity index (χ1v) is 4.76. The van der Waals surface area contributed by atoms with Gasteiger partial charge < -0.3 is 20.4 Å². The van der Waals surface area contributed by atoms with E-state index in [1.54, 1.807) is 0 Å². The lowest BCUT2D eigenvalue weighted by atomic mass is 10.1. The molecule has 2 rings (SSSR count). The summed E-state index contributed by atoms with van der Waals surface area (Å²) in [5.41, 5.74) is 4.39. The molecule has 0 fully saturated rings. The Labute approximate surface area is 94.9 Å². The van der Waals surface area contributed by atoms with E-state index in [9.17, 15) is 14.7 Å². The van der Waals surface area contributed by atoms with E-state index in [-0.39, 0.29) is 23.4 Å². The molecular weight excluding hydrogens is 226 g/mol. The molecule has 0 unspecified atom stereocenters. The first kappa shape index (κ1) is 11.2. The fraction of sp³-hybridized carbons (Fsp3) is 0.0909. The van der Waals surface area contributed by atoms with Gasteiger partial charge in [0.25, 0.3) is 0 Å². The van der Waals surface area contributed by atoms with Crippen molar-refractivity contribution >= 4 is 16.9 Å². The van der Waals surface area contributed by atoms with Gasteiger partial charge in [0.2, 0.25) is 0 Å². The van der Waals surface area contributed by atoms with Gasteiger partial charge in [-0.3, -0.25) is 0 Å². The lowest BCUT2D eigenvalue weighted by Gasteiger charge is -2.05. The monoisotopic (exact) mass is 235 g/mol. The van der Waals surface area contributed by atoms with Crippen LogP contribution in [0.3, 0.4) is 0 Å². The standard InChI is InChI=1S/C11H9NO5/c12-4-7-8(13)2-1-5-3-6(10(14)15)11(16)17-9(5)7/h1-3,13H,4,12H2,(H,14,15). The van der Waals surface area contributed by atoms with Crippen LogP contribution in [0.2, 0.25) is 0 Å². The van der Waals surface area contributed by atoms with Crippen LogP contribution in [-0.4, -0.2) is 16.2 Å². The molecule has 88 valence electrons. The van der Waals surface area contributed by atoms with Crippen LogP contribution in [0.5, 0.6) is 5.75 Å². The number of carbonyl (C=O) groups is 1. The van der Waals surface area contributed by atoms with E-state index in [4.69, 9.17) is 15.3 Å². The zero-order chi connectivity index (χ0) is 12.6. The van der Waals surface area contributed by atoms with E-state index in [0.29, 0.717) is 5.39 Å². The van der Waals surface area contributed by atoms with Crippen LogP contribution in [0.15, 0.2) is 27.4 Å². The summed E-state index contributed by atoms with van der Waals surface area (Å²) < 4.78 is 4.88. The number of rotatable bonds is 2. The number of nitrogens with two attached hydrogens (primary N) is 1. The summed E-state index contributed by atoms with van der Waals surface area (Å²) >= 11 is 0. The van der Waals surface area contributed by atoms with Crippen molar-refractivity contribution in [3.05, 3.63) is 39.7 Å². The fourth-order valence-corrected chi connectivity index (χ4v) is 1.58. The van der Waals surface area contributed by atoms with Crippen molar-refractivity contribution < 1.29 is 19.4 Å². The second-order valence-electron chi connectivity index (χ2n) is 3.44. The fourth-order valence-electron chi connectivity index (χ4n) is 1.58. The number of aromatic carboxylic acids is 1. The summed E-state index contributed by atoms with van der Waals surface area (Å²) in [5.74, 6) is -1.45. The maximum Gasteiger partial charge on any atom is 0.351 e. The topological polar surface area (TPSA) is 114 Å². The number of carboxylic acids is 1. The molecule has 0 spiro atoms. The highest BCUT2D eigenvalue weighted by molar-refractivity contribution is 5.92. The first-order chi connectivity index (χ1) is 8.04. The molecule has 0 aliphatic carbocycles. The number of fused-ring (bicyclic) bond motifs is 1. The molecule has 6 heteroatoms. The van der Waals surface area contributed by atoms with Gasteiger partial charge in [-0.2, -0.15) is 0 Å². The van der Waals surface area contributed by atoms with Crippen LogP contribution in [0.4, 0.5) is 0 Å². The maximum atomic E-state index is 11.4. The van der Waals surface area contributed by atoms with Crippen molar-refractivity contribution in [2.45, 2.75) is 6.54 Å². The lowest BCUT2D eigenvalue weighted by molar-refractivity contribution is 0.0692. The Morgan fingerprint density at radius 2 is 2.12 bits per heavy atom. The van der Waals surface area contributed by atoms with E-state index in [2.05, 4.69) is 0 Å². The third kappa shape index (κ3) is 1.74. The SMILES string of the molecule is NCc1c(O)ccc2cc(C(=O)O)c(=O)oc12. The van der Waals surface area contributed by atoms with E-state index in [1.165, 1.54) is 18.2 Å². The van der Waals surface area contributed by atoms with Gasteiger partial charge in [0.15, 0.2) is 0 Å². The highest BCUT2D eigenvalue weighted by Gasteiger charge is 2.15. The lowest BCUT2D eigenvalue weighted by Crippen LogP contribution is -2.13. The number of phenols is 1. The molecule has 1 heterocycles. The van der Waals surface area contributed by atoms with Crippen LogP contribution in [0.25, 0.3) is 11.0 Å². The van der Waals surface area contributed by atoms with Crippen molar-refractivity contribution in [2.24, 2.45) is 5.73 Å². The van der Waals surface area contributed by atoms with Gasteiger partial charge in [0.05, 0.1) is 5.56 Å². The van der Waals surface area contributed by atoms with Gasteiger partial charge in [-0.1, -0.05) is 0 Å². The number of hydrogen-bond acceptors (Lipinski definition) is 5. The van der Waals surface area contributed by atoms with Gasteiger partial charge in [0.1, 0.15) is 16.9 Å². The minimum Gasteiger partial charge on any atom is -0.507 e. The van der Waals surface area contributed by atoms with Crippen LogP contribution < -0.4 is 11.4 Å². The van der Waals surface area contributed by atoms with Crippen LogP contribution >= 0.6 is 0 Å². The molecule has 0 aliphatic heterocycles. The largest absolute Gasteiger partial charge is 0.507 e. The molecule has 0 amide bonds. The Balaban J connectivity index is 2.87. The molecule has 0 atom stereocenters. The van der Waals surface area contributed by atoms with Crippen molar-refractivity contribution in [3.63, 3.8) is 0 Å². The minimum atomic E-state index is -1.36. The third-order valence-corrected chi connectivity index (χ3v) is 2.42. The summed E-state index contributed by atoms with van der Waals surface area (Å²) in [6.45, 7) is -0.0153. The van der Waals surface area contributed by atoms with Gasteiger partial charge >= 0.3 is 11.6 Å². The van der Waals surface area contributed by atoms with Gasteiger partial charge in [-0.15, -0.1) is 0 Å². The Bertz CT molecular complexity index is 659. The second kappa shape index (κ2) is 3.91. The molecule has 0 aliphatic rings. The molecule has 0 saturated carbocycles. The van der Waals surface area contributed by atoms with Crippen molar-refractivity contribution in [1.82, 2.24) is 0 Å². The molecule has 0 radical (unpaired) electrons. The Morgan fingerprint density at radius 3 is 2.71 bits per heavy atom. The predicted molar refractivity (Wildman–Crippen MR) is 59.0 cm³/mol. The van der Waals surface area contributed by atoms with Crippen molar-refractivity contribution in [1.29, 1.82) is 0 Å². The van der Waals surface area contributed by atoms with E-state index in [1.807, 2.05) is 0 Å². The average molecular weight is 235 g/mol. The Kier molecular flexibility index (Phi) is 2.57. The number of phenolic OH excluding ortho intramolecular Hbond substituents is 1. The molecule has 1 aromatic heterocycles. The minimum absolute atomic E-state index is 0.0153.